The Hall–Kier alpha value is -0.930. The second-order valence-corrected chi connectivity index (χ2v) is 3.45. The smallest absolute Gasteiger partial charge is 0.0594 e. The van der Waals surface area contributed by atoms with Gasteiger partial charge in [0.25, 0.3) is 0 Å². The van der Waals surface area contributed by atoms with E-state index in [1.807, 2.05) is 12.1 Å². The van der Waals surface area contributed by atoms with Crippen LogP contribution in [0.4, 0.5) is 0 Å². The highest BCUT2D eigenvalue weighted by Crippen LogP contribution is 2.00. The van der Waals surface area contributed by atoms with Crippen LogP contribution in [-0.2, 0) is 11.2 Å². The summed E-state index contributed by atoms with van der Waals surface area (Å²) in [7, 11) is 0. The maximum atomic E-state index is 5.29. The highest BCUT2D eigenvalue weighted by atomic mass is 16.5. The lowest BCUT2D eigenvalue weighted by Gasteiger charge is -2.26. The van der Waals surface area contributed by atoms with Gasteiger partial charge in [-0.15, -0.1) is 0 Å². The number of morpholine rings is 1. The quantitative estimate of drug-likeness (QED) is 0.705. The van der Waals surface area contributed by atoms with Crippen LogP contribution < -0.4 is 0 Å². The van der Waals surface area contributed by atoms with Crippen LogP contribution >= 0.6 is 0 Å². The first kappa shape index (κ1) is 9.62. The Bertz CT molecular complexity index is 257. The van der Waals surface area contributed by atoms with Crippen molar-refractivity contribution in [1.82, 2.24) is 9.88 Å². The van der Waals surface area contributed by atoms with Gasteiger partial charge < -0.3 is 4.74 Å². The molecular weight excluding hydrogens is 176 g/mol. The minimum Gasteiger partial charge on any atom is -0.379 e. The monoisotopic (exact) mass is 191 g/mol. The first-order valence-electron chi connectivity index (χ1n) is 5.06. The molecule has 0 atom stereocenters. The van der Waals surface area contributed by atoms with E-state index in [9.17, 15) is 0 Å². The third-order valence-corrected chi connectivity index (χ3v) is 2.46. The normalized spacial score (nSPS) is 18.3. The van der Waals surface area contributed by atoms with Crippen molar-refractivity contribution in [2.45, 2.75) is 6.42 Å². The SMILES string of the molecule is [c]1ccc(CCN2CCOCC2)nc1. The number of hydrogen-bond donors (Lipinski definition) is 0. The van der Waals surface area contributed by atoms with Gasteiger partial charge in [0.1, 0.15) is 0 Å². The molecule has 0 spiro atoms. The van der Waals surface area contributed by atoms with Gasteiger partial charge >= 0.3 is 0 Å². The average molecular weight is 191 g/mol. The van der Waals surface area contributed by atoms with Gasteiger partial charge in [0.05, 0.1) is 13.2 Å². The van der Waals surface area contributed by atoms with E-state index in [4.69, 9.17) is 4.74 Å². The van der Waals surface area contributed by atoms with Crippen molar-refractivity contribution in [2.24, 2.45) is 0 Å². The Morgan fingerprint density at radius 3 is 3.00 bits per heavy atom. The molecule has 1 aromatic heterocycles. The number of ether oxygens (including phenoxy) is 1. The molecule has 1 radical (unpaired) electrons. The molecule has 3 nitrogen and oxygen atoms in total. The Morgan fingerprint density at radius 1 is 1.43 bits per heavy atom. The zero-order chi connectivity index (χ0) is 9.64. The van der Waals surface area contributed by atoms with Crippen molar-refractivity contribution in [2.75, 3.05) is 32.8 Å². The average Bonchev–Trinajstić information content (AvgIpc) is 2.29. The lowest BCUT2D eigenvalue weighted by atomic mass is 10.2. The fourth-order valence-electron chi connectivity index (χ4n) is 1.60. The van der Waals surface area contributed by atoms with Crippen LogP contribution in [0.25, 0.3) is 0 Å². The van der Waals surface area contributed by atoms with Crippen LogP contribution in [0, 0.1) is 6.07 Å². The molecule has 0 aliphatic carbocycles. The summed E-state index contributed by atoms with van der Waals surface area (Å²) in [6.45, 7) is 4.93. The van der Waals surface area contributed by atoms with Crippen molar-refractivity contribution in [3.05, 3.63) is 30.1 Å². The number of hydrogen-bond acceptors (Lipinski definition) is 3. The van der Waals surface area contributed by atoms with Crippen molar-refractivity contribution in [1.29, 1.82) is 0 Å². The third kappa shape index (κ3) is 2.79. The van der Waals surface area contributed by atoms with Gasteiger partial charge in [0.15, 0.2) is 0 Å². The molecule has 14 heavy (non-hydrogen) atoms. The summed E-state index contributed by atoms with van der Waals surface area (Å²) in [4.78, 5) is 6.67. The van der Waals surface area contributed by atoms with Crippen molar-refractivity contribution in [3.8, 4) is 0 Å². The summed E-state index contributed by atoms with van der Waals surface area (Å²) < 4.78 is 5.29. The van der Waals surface area contributed by atoms with Gasteiger partial charge in [-0.2, -0.15) is 0 Å². The number of pyridine rings is 1. The van der Waals surface area contributed by atoms with Crippen LogP contribution in [0.2, 0.25) is 0 Å². The van der Waals surface area contributed by atoms with Crippen molar-refractivity contribution in [3.63, 3.8) is 0 Å². The second kappa shape index (κ2) is 5.08. The lowest BCUT2D eigenvalue weighted by Crippen LogP contribution is -2.37. The maximum absolute atomic E-state index is 5.29. The van der Waals surface area contributed by atoms with Gasteiger partial charge in [0, 0.05) is 44.0 Å². The van der Waals surface area contributed by atoms with Crippen LogP contribution in [0.5, 0.6) is 0 Å². The molecular formula is C11H15N2O. The molecule has 1 aliphatic heterocycles. The van der Waals surface area contributed by atoms with Gasteiger partial charge in [-0.1, -0.05) is 6.07 Å². The van der Waals surface area contributed by atoms with Crippen LogP contribution in [0.1, 0.15) is 5.69 Å². The molecule has 2 rings (SSSR count). The zero-order valence-electron chi connectivity index (χ0n) is 8.28. The minimum atomic E-state index is 0.871. The lowest BCUT2D eigenvalue weighted by molar-refractivity contribution is 0.0383. The van der Waals surface area contributed by atoms with E-state index in [-0.39, 0.29) is 0 Å². The standard InChI is InChI=1S/C11H15N2O/c1-2-5-12-11(3-1)4-6-13-7-9-14-10-8-13/h1,3,5H,4,6-10H2. The first-order chi connectivity index (χ1) is 6.95. The third-order valence-electron chi connectivity index (χ3n) is 2.46. The Balaban J connectivity index is 1.76. The molecule has 0 unspecified atom stereocenters. The predicted molar refractivity (Wildman–Crippen MR) is 54.0 cm³/mol. The summed E-state index contributed by atoms with van der Waals surface area (Å²) in [6.07, 6.45) is 2.75. The summed E-state index contributed by atoms with van der Waals surface area (Å²) in [5.41, 5.74) is 1.15. The zero-order valence-corrected chi connectivity index (χ0v) is 8.28. The Labute approximate surface area is 84.7 Å². The Kier molecular flexibility index (Phi) is 3.49. The van der Waals surface area contributed by atoms with E-state index in [1.165, 1.54) is 0 Å². The van der Waals surface area contributed by atoms with Crippen molar-refractivity contribution >= 4 is 0 Å². The molecule has 0 amide bonds. The fraction of sp³-hybridized carbons (Fsp3) is 0.545. The summed E-state index contributed by atoms with van der Waals surface area (Å²) in [6, 6.07) is 6.87. The molecule has 0 saturated carbocycles. The van der Waals surface area contributed by atoms with E-state index in [1.54, 1.807) is 6.20 Å². The molecule has 0 N–H and O–H groups in total. The predicted octanol–water partition coefficient (Wildman–Crippen LogP) is 0.756. The summed E-state index contributed by atoms with van der Waals surface area (Å²) >= 11 is 0. The Morgan fingerprint density at radius 2 is 2.29 bits per heavy atom. The van der Waals surface area contributed by atoms with E-state index in [0.717, 1.165) is 45.0 Å². The maximum Gasteiger partial charge on any atom is 0.0594 e. The summed E-state index contributed by atoms with van der Waals surface area (Å²) in [5, 5.41) is 0. The molecule has 0 aromatic carbocycles. The van der Waals surface area contributed by atoms with Crippen LogP contribution in [0.3, 0.4) is 0 Å². The largest absolute Gasteiger partial charge is 0.379 e. The van der Waals surface area contributed by atoms with E-state index >= 15 is 0 Å². The second-order valence-electron chi connectivity index (χ2n) is 3.45. The highest BCUT2D eigenvalue weighted by Gasteiger charge is 2.09. The fourth-order valence-corrected chi connectivity index (χ4v) is 1.60. The molecule has 3 heteroatoms. The highest BCUT2D eigenvalue weighted by molar-refractivity contribution is 5.02. The molecule has 1 saturated heterocycles. The number of aromatic nitrogens is 1. The molecule has 0 bridgehead atoms. The van der Waals surface area contributed by atoms with Gasteiger partial charge in [-0.05, 0) is 6.07 Å². The minimum absolute atomic E-state index is 0.871. The van der Waals surface area contributed by atoms with Crippen LogP contribution in [-0.4, -0.2) is 42.7 Å². The van der Waals surface area contributed by atoms with Gasteiger partial charge in [-0.25, -0.2) is 0 Å². The summed E-state index contributed by atoms with van der Waals surface area (Å²) in [5.74, 6) is 0. The molecule has 75 valence electrons. The van der Waals surface area contributed by atoms with E-state index in [2.05, 4.69) is 16.0 Å². The topological polar surface area (TPSA) is 25.4 Å². The molecule has 2 heterocycles. The molecule has 1 aliphatic rings. The number of nitrogens with zero attached hydrogens (tertiary/aromatic N) is 2. The first-order valence-corrected chi connectivity index (χ1v) is 5.06. The van der Waals surface area contributed by atoms with Gasteiger partial charge in [-0.3, -0.25) is 9.88 Å². The van der Waals surface area contributed by atoms with Crippen LogP contribution in [0.15, 0.2) is 18.3 Å². The number of rotatable bonds is 3. The van der Waals surface area contributed by atoms with E-state index in [0.29, 0.717) is 0 Å². The molecule has 1 aromatic rings. The van der Waals surface area contributed by atoms with E-state index < -0.39 is 0 Å². The van der Waals surface area contributed by atoms with Crippen molar-refractivity contribution < 1.29 is 4.74 Å². The molecule has 1 fully saturated rings. The van der Waals surface area contributed by atoms with Gasteiger partial charge in [0.2, 0.25) is 0 Å².